The van der Waals surface area contributed by atoms with E-state index in [1.54, 1.807) is 24.0 Å². The fourth-order valence-electron chi connectivity index (χ4n) is 1.31. The minimum Gasteiger partial charge on any atom is -0.478 e. The lowest BCUT2D eigenvalue weighted by atomic mass is 10.3. The van der Waals surface area contributed by atoms with Gasteiger partial charge in [0.1, 0.15) is 0 Å². The molecule has 5 heteroatoms. The first-order valence-electron chi connectivity index (χ1n) is 4.78. The molecule has 0 atom stereocenters. The predicted octanol–water partition coefficient (Wildman–Crippen LogP) is 2.33. The SMILES string of the molecule is O=C(O)c1csc(CNCc2ccoc2)c1. The Morgan fingerprint density at radius 1 is 1.50 bits per heavy atom. The third-order valence-corrected chi connectivity index (χ3v) is 3.05. The Kier molecular flexibility index (Phi) is 3.38. The van der Waals surface area contributed by atoms with Crippen molar-refractivity contribution in [1.82, 2.24) is 5.32 Å². The summed E-state index contributed by atoms with van der Waals surface area (Å²) < 4.78 is 4.94. The zero-order valence-corrected chi connectivity index (χ0v) is 9.29. The number of nitrogens with one attached hydrogen (secondary N) is 1. The van der Waals surface area contributed by atoms with Crippen LogP contribution in [0, 0.1) is 0 Å². The quantitative estimate of drug-likeness (QED) is 0.837. The van der Waals surface area contributed by atoms with Crippen molar-refractivity contribution in [3.63, 3.8) is 0 Å². The second-order valence-electron chi connectivity index (χ2n) is 3.34. The minimum atomic E-state index is -0.877. The average molecular weight is 237 g/mol. The van der Waals surface area contributed by atoms with Crippen LogP contribution in [0.15, 0.2) is 34.5 Å². The molecule has 0 aliphatic heterocycles. The summed E-state index contributed by atoms with van der Waals surface area (Å²) in [6, 6.07) is 3.58. The topological polar surface area (TPSA) is 62.5 Å². The summed E-state index contributed by atoms with van der Waals surface area (Å²) in [7, 11) is 0. The Hall–Kier alpha value is -1.59. The second kappa shape index (κ2) is 4.96. The van der Waals surface area contributed by atoms with Gasteiger partial charge in [0.25, 0.3) is 0 Å². The second-order valence-corrected chi connectivity index (χ2v) is 4.34. The van der Waals surface area contributed by atoms with Gasteiger partial charge in [0.15, 0.2) is 0 Å². The molecule has 0 aliphatic rings. The number of carboxylic acid groups (broad SMARTS) is 1. The number of rotatable bonds is 5. The van der Waals surface area contributed by atoms with Gasteiger partial charge in [0.05, 0.1) is 18.1 Å². The Balaban J connectivity index is 1.83. The molecule has 2 heterocycles. The van der Waals surface area contributed by atoms with Crippen LogP contribution in [0.3, 0.4) is 0 Å². The van der Waals surface area contributed by atoms with Crippen molar-refractivity contribution in [2.24, 2.45) is 0 Å². The number of furan rings is 1. The van der Waals surface area contributed by atoms with Crippen molar-refractivity contribution in [3.05, 3.63) is 46.0 Å². The lowest BCUT2D eigenvalue weighted by Crippen LogP contribution is -2.11. The molecule has 0 saturated carbocycles. The van der Waals surface area contributed by atoms with Gasteiger partial charge in [0, 0.05) is 28.9 Å². The van der Waals surface area contributed by atoms with Crippen LogP contribution in [0.5, 0.6) is 0 Å². The number of hydrogen-bond donors (Lipinski definition) is 2. The Labute approximate surface area is 96.5 Å². The van der Waals surface area contributed by atoms with Crippen molar-refractivity contribution < 1.29 is 14.3 Å². The Morgan fingerprint density at radius 3 is 3.00 bits per heavy atom. The lowest BCUT2D eigenvalue weighted by Gasteiger charge is -1.99. The zero-order valence-electron chi connectivity index (χ0n) is 8.47. The zero-order chi connectivity index (χ0) is 11.4. The molecule has 0 bridgehead atoms. The molecule has 16 heavy (non-hydrogen) atoms. The van der Waals surface area contributed by atoms with Crippen LogP contribution in [-0.4, -0.2) is 11.1 Å². The molecular formula is C11H11NO3S. The van der Waals surface area contributed by atoms with Crippen LogP contribution in [0.4, 0.5) is 0 Å². The summed E-state index contributed by atoms with van der Waals surface area (Å²) in [4.78, 5) is 11.7. The smallest absolute Gasteiger partial charge is 0.336 e. The first-order chi connectivity index (χ1) is 7.75. The maximum Gasteiger partial charge on any atom is 0.336 e. The molecule has 2 N–H and O–H groups in total. The van der Waals surface area contributed by atoms with E-state index < -0.39 is 5.97 Å². The molecule has 0 aromatic carbocycles. The van der Waals surface area contributed by atoms with Crippen LogP contribution < -0.4 is 5.32 Å². The van der Waals surface area contributed by atoms with Crippen molar-refractivity contribution in [1.29, 1.82) is 0 Å². The maximum absolute atomic E-state index is 10.6. The van der Waals surface area contributed by atoms with E-state index in [1.165, 1.54) is 11.3 Å². The first-order valence-corrected chi connectivity index (χ1v) is 5.66. The molecule has 0 amide bonds. The maximum atomic E-state index is 10.6. The van der Waals surface area contributed by atoms with Gasteiger partial charge in [-0.2, -0.15) is 0 Å². The van der Waals surface area contributed by atoms with Crippen LogP contribution in [0.25, 0.3) is 0 Å². The van der Waals surface area contributed by atoms with E-state index in [-0.39, 0.29) is 0 Å². The van der Waals surface area contributed by atoms with E-state index in [4.69, 9.17) is 9.52 Å². The highest BCUT2D eigenvalue weighted by atomic mass is 32.1. The van der Waals surface area contributed by atoms with E-state index in [0.29, 0.717) is 12.1 Å². The first kappa shape index (κ1) is 10.9. The highest BCUT2D eigenvalue weighted by Crippen LogP contribution is 2.14. The molecule has 0 unspecified atom stereocenters. The summed E-state index contributed by atoms with van der Waals surface area (Å²) in [5, 5.41) is 13.6. The summed E-state index contributed by atoms with van der Waals surface area (Å²) >= 11 is 1.45. The van der Waals surface area contributed by atoms with Gasteiger partial charge in [-0.15, -0.1) is 11.3 Å². The van der Waals surface area contributed by atoms with Crippen LogP contribution in [-0.2, 0) is 13.1 Å². The summed E-state index contributed by atoms with van der Waals surface area (Å²) in [5.41, 5.74) is 1.43. The number of aromatic carboxylic acids is 1. The van der Waals surface area contributed by atoms with Gasteiger partial charge >= 0.3 is 5.97 Å². The third kappa shape index (κ3) is 2.71. The fourth-order valence-corrected chi connectivity index (χ4v) is 2.14. The van der Waals surface area contributed by atoms with Gasteiger partial charge in [-0.1, -0.05) is 0 Å². The molecule has 0 spiro atoms. The normalized spacial score (nSPS) is 10.5. The molecule has 2 aromatic heterocycles. The largest absolute Gasteiger partial charge is 0.478 e. The monoisotopic (exact) mass is 237 g/mol. The van der Waals surface area contributed by atoms with Crippen LogP contribution in [0.2, 0.25) is 0 Å². The molecule has 2 aromatic rings. The Morgan fingerprint density at radius 2 is 2.38 bits per heavy atom. The molecule has 0 fully saturated rings. The number of carbonyl (C=O) groups is 1. The van der Waals surface area contributed by atoms with Gasteiger partial charge in [-0.05, 0) is 12.1 Å². The number of thiophene rings is 1. The van der Waals surface area contributed by atoms with E-state index in [0.717, 1.165) is 17.0 Å². The fraction of sp³-hybridized carbons (Fsp3) is 0.182. The highest BCUT2D eigenvalue weighted by Gasteiger charge is 2.05. The highest BCUT2D eigenvalue weighted by molar-refractivity contribution is 7.10. The van der Waals surface area contributed by atoms with Gasteiger partial charge in [-0.25, -0.2) is 4.79 Å². The van der Waals surface area contributed by atoms with Crippen molar-refractivity contribution in [2.75, 3.05) is 0 Å². The molecule has 2 rings (SSSR count). The van der Waals surface area contributed by atoms with Gasteiger partial charge < -0.3 is 14.8 Å². The van der Waals surface area contributed by atoms with Crippen LogP contribution in [0.1, 0.15) is 20.8 Å². The number of carboxylic acids is 1. The van der Waals surface area contributed by atoms with Crippen molar-refractivity contribution >= 4 is 17.3 Å². The molecule has 4 nitrogen and oxygen atoms in total. The van der Waals surface area contributed by atoms with Crippen molar-refractivity contribution in [3.8, 4) is 0 Å². The van der Waals surface area contributed by atoms with E-state index in [9.17, 15) is 4.79 Å². The summed E-state index contributed by atoms with van der Waals surface area (Å²) in [6.45, 7) is 1.39. The van der Waals surface area contributed by atoms with Gasteiger partial charge in [-0.3, -0.25) is 0 Å². The predicted molar refractivity (Wildman–Crippen MR) is 60.5 cm³/mol. The van der Waals surface area contributed by atoms with E-state index in [1.807, 2.05) is 6.07 Å². The average Bonchev–Trinajstić information content (AvgIpc) is 2.87. The Bertz CT molecular complexity index is 461. The molecule has 0 radical (unpaired) electrons. The van der Waals surface area contributed by atoms with Crippen molar-refractivity contribution in [2.45, 2.75) is 13.1 Å². The van der Waals surface area contributed by atoms with E-state index in [2.05, 4.69) is 5.32 Å². The van der Waals surface area contributed by atoms with Gasteiger partial charge in [0.2, 0.25) is 0 Å². The molecule has 0 aliphatic carbocycles. The van der Waals surface area contributed by atoms with E-state index >= 15 is 0 Å². The lowest BCUT2D eigenvalue weighted by molar-refractivity contribution is 0.0697. The molecular weight excluding hydrogens is 226 g/mol. The molecule has 0 saturated heterocycles. The van der Waals surface area contributed by atoms with Crippen LogP contribution >= 0.6 is 11.3 Å². The molecule has 84 valence electrons. The number of hydrogen-bond acceptors (Lipinski definition) is 4. The third-order valence-electron chi connectivity index (χ3n) is 2.11. The standard InChI is InChI=1S/C11H11NO3S/c13-11(14)9-3-10(16-7-9)5-12-4-8-1-2-15-6-8/h1-3,6-7,12H,4-5H2,(H,13,14). The summed E-state index contributed by atoms with van der Waals surface area (Å²) in [6.07, 6.45) is 3.31. The minimum absolute atomic E-state index is 0.352. The summed E-state index contributed by atoms with van der Waals surface area (Å²) in [5.74, 6) is -0.877.